The first-order valence-electron chi connectivity index (χ1n) is 21.8. The number of Topliss-reactive ketones (excluding diaryl/α,β-unsaturated/α-hetero) is 2. The fourth-order valence-electron chi connectivity index (χ4n) is 7.39. The Labute approximate surface area is 400 Å². The SMILES string of the molecule is CC(C)[C@H](CC(=O)CN1C(=O)C=CC1=O)C(=O)N[C@@H](C)C(=O)C[C@@H](CSCC(=O)N(CCCN)[C@@H](c1cc(-c2cc(F)ccc2F)cn1Cc1ccccc1)C(C)(C)C)C(=O)O.O=C(O)C(F)(F)F. The van der Waals surface area contributed by atoms with Gasteiger partial charge in [0.2, 0.25) is 11.8 Å². The van der Waals surface area contributed by atoms with Gasteiger partial charge < -0.3 is 30.7 Å². The highest BCUT2D eigenvalue weighted by molar-refractivity contribution is 7.99. The highest BCUT2D eigenvalue weighted by Gasteiger charge is 2.39. The average molecular weight is 992 g/mol. The molecule has 4 amide bonds. The van der Waals surface area contributed by atoms with Gasteiger partial charge in [-0.05, 0) is 61.1 Å². The summed E-state index contributed by atoms with van der Waals surface area (Å²) in [6.45, 7) is 11.2. The van der Waals surface area contributed by atoms with Crippen LogP contribution >= 0.6 is 11.8 Å². The van der Waals surface area contributed by atoms with E-state index in [1.807, 2.05) is 55.7 Å². The third kappa shape index (κ3) is 17.1. The summed E-state index contributed by atoms with van der Waals surface area (Å²) in [7, 11) is 0. The second kappa shape index (κ2) is 25.4. The smallest absolute Gasteiger partial charge is 0.481 e. The van der Waals surface area contributed by atoms with E-state index in [0.29, 0.717) is 24.2 Å². The zero-order chi connectivity index (χ0) is 52.0. The van der Waals surface area contributed by atoms with Crippen LogP contribution in [-0.2, 0) is 44.9 Å². The van der Waals surface area contributed by atoms with Gasteiger partial charge in [0.05, 0.1) is 30.3 Å². The van der Waals surface area contributed by atoms with E-state index in [1.54, 1.807) is 31.0 Å². The lowest BCUT2D eigenvalue weighted by molar-refractivity contribution is -0.192. The molecule has 21 heteroatoms. The Morgan fingerprint density at radius 2 is 1.49 bits per heavy atom. The molecule has 2 aromatic carbocycles. The lowest BCUT2D eigenvalue weighted by Gasteiger charge is -2.41. The minimum Gasteiger partial charge on any atom is -0.481 e. The van der Waals surface area contributed by atoms with Gasteiger partial charge in [-0.25, -0.2) is 13.6 Å². The number of nitrogens with one attached hydrogen (secondary N) is 1. The Morgan fingerprint density at radius 3 is 2.03 bits per heavy atom. The first-order valence-corrected chi connectivity index (χ1v) is 23.0. The summed E-state index contributed by atoms with van der Waals surface area (Å²) in [6.07, 6.45) is -1.49. The number of benzene rings is 2. The summed E-state index contributed by atoms with van der Waals surface area (Å²) in [5.74, 6) is -11.1. The van der Waals surface area contributed by atoms with Crippen molar-refractivity contribution in [1.29, 1.82) is 0 Å². The maximum absolute atomic E-state index is 15.2. The van der Waals surface area contributed by atoms with Crippen molar-refractivity contribution < 1.29 is 70.5 Å². The highest BCUT2D eigenvalue weighted by atomic mass is 32.2. The summed E-state index contributed by atoms with van der Waals surface area (Å²) < 4.78 is 63.2. The van der Waals surface area contributed by atoms with Crippen LogP contribution in [0.25, 0.3) is 11.1 Å². The number of hydrogen-bond acceptors (Lipinski definition) is 10. The van der Waals surface area contributed by atoms with Gasteiger partial charge in [0.1, 0.15) is 11.6 Å². The Hall–Kier alpha value is -6.22. The van der Waals surface area contributed by atoms with Crippen molar-refractivity contribution >= 4 is 58.9 Å². The van der Waals surface area contributed by atoms with Gasteiger partial charge in [0.15, 0.2) is 11.6 Å². The fourth-order valence-corrected chi connectivity index (χ4v) is 8.39. The van der Waals surface area contributed by atoms with E-state index in [0.717, 1.165) is 52.6 Å². The van der Waals surface area contributed by atoms with E-state index in [-0.39, 0.29) is 48.4 Å². The first-order chi connectivity index (χ1) is 32.2. The van der Waals surface area contributed by atoms with Crippen LogP contribution in [-0.4, -0.2) is 115 Å². The van der Waals surface area contributed by atoms with E-state index < -0.39 is 101 Å². The number of nitrogens with zero attached hydrogens (tertiary/aromatic N) is 3. The van der Waals surface area contributed by atoms with Crippen molar-refractivity contribution in [3.05, 3.63) is 95.8 Å². The number of rotatable bonds is 23. The lowest BCUT2D eigenvalue weighted by Crippen LogP contribution is -2.45. The molecule has 0 saturated heterocycles. The summed E-state index contributed by atoms with van der Waals surface area (Å²) >= 11 is 1.06. The standard InChI is InChI=1S/C46H57F2N5O8S.C2HF3O2/c1-28(2)35(22-34(54)25-53-40(56)15-16-41(53)57)44(59)50-29(3)39(55)20-32(45(60)61)26-62-27-42(58)52(18-10-17-49)43(46(4,5)6)38-19-31(36-21-33(47)13-14-37(36)48)24-51(38)23-30-11-8-7-9-12-30;3-2(4,5)1(6)7/h7-9,11-16,19,21,24,28-29,32,35,43H,10,17-18,20,22-23,25-27,49H2,1-6H3,(H,50,59)(H,60,61);(H,6,7)/t29-,32-,35-,43-;/m0./s1. The number of hydrogen-bond donors (Lipinski definition) is 4. The summed E-state index contributed by atoms with van der Waals surface area (Å²) in [4.78, 5) is 101. The second-order valence-corrected chi connectivity index (χ2v) is 18.9. The van der Waals surface area contributed by atoms with E-state index >= 15 is 4.39 Å². The van der Waals surface area contributed by atoms with Gasteiger partial charge in [-0.3, -0.25) is 38.5 Å². The molecular formula is C48H58F5N5O10S. The molecule has 1 aliphatic rings. The Bertz CT molecular complexity index is 2350. The fraction of sp³-hybridized carbons (Fsp3) is 0.458. The quantitative estimate of drug-likeness (QED) is 0.0596. The van der Waals surface area contributed by atoms with Crippen LogP contribution in [0, 0.1) is 34.8 Å². The average Bonchev–Trinajstić information content (AvgIpc) is 3.81. The van der Waals surface area contributed by atoms with Crippen molar-refractivity contribution in [2.75, 3.05) is 31.1 Å². The molecule has 0 fully saturated rings. The summed E-state index contributed by atoms with van der Waals surface area (Å²) in [6, 6.07) is 12.9. The van der Waals surface area contributed by atoms with Crippen molar-refractivity contribution in [3.8, 4) is 11.1 Å². The molecule has 376 valence electrons. The first kappa shape index (κ1) is 57.1. The van der Waals surface area contributed by atoms with E-state index in [2.05, 4.69) is 5.32 Å². The summed E-state index contributed by atoms with van der Waals surface area (Å²) in [5.41, 5.74) is 7.47. The number of thioether (sulfide) groups is 1. The molecule has 0 unspecified atom stereocenters. The molecule has 4 rings (SSSR count). The number of carbonyl (C=O) groups excluding carboxylic acids is 6. The van der Waals surface area contributed by atoms with Crippen molar-refractivity contribution in [1.82, 2.24) is 19.7 Å². The maximum Gasteiger partial charge on any atom is 0.490 e. The van der Waals surface area contributed by atoms with E-state index in [1.165, 1.54) is 6.92 Å². The van der Waals surface area contributed by atoms with Gasteiger partial charge >= 0.3 is 18.1 Å². The number of carboxylic acids is 2. The number of halogens is 5. The minimum absolute atomic E-state index is 0.0717. The number of alkyl halides is 3. The van der Waals surface area contributed by atoms with Crippen LogP contribution < -0.4 is 11.1 Å². The Morgan fingerprint density at radius 1 is 0.884 bits per heavy atom. The molecule has 0 saturated carbocycles. The Balaban J connectivity index is 0.00000167. The zero-order valence-electron chi connectivity index (χ0n) is 39.1. The number of imide groups is 1. The molecule has 3 aromatic rings. The number of aromatic nitrogens is 1. The number of carbonyl (C=O) groups is 8. The van der Waals surface area contributed by atoms with Crippen LogP contribution in [0.4, 0.5) is 22.0 Å². The number of nitrogens with two attached hydrogens (primary N) is 1. The lowest BCUT2D eigenvalue weighted by atomic mass is 9.83. The van der Waals surface area contributed by atoms with Crippen LogP contribution in [0.3, 0.4) is 0 Å². The Kier molecular flexibility index (Phi) is 21.0. The maximum atomic E-state index is 15.2. The number of aliphatic carboxylic acids is 2. The van der Waals surface area contributed by atoms with Crippen LogP contribution in [0.2, 0.25) is 0 Å². The largest absolute Gasteiger partial charge is 0.490 e. The topological polar surface area (TPSA) is 226 Å². The normalized spacial score (nSPS) is 14.4. The highest BCUT2D eigenvalue weighted by Crippen LogP contribution is 2.41. The van der Waals surface area contributed by atoms with Crippen LogP contribution in [0.1, 0.15) is 78.1 Å². The molecule has 2 heterocycles. The molecular weight excluding hydrogens is 934 g/mol. The van der Waals surface area contributed by atoms with Gasteiger partial charge in [0.25, 0.3) is 11.8 Å². The van der Waals surface area contributed by atoms with Crippen molar-refractivity contribution in [2.24, 2.45) is 28.9 Å². The molecule has 5 N–H and O–H groups in total. The number of amides is 4. The molecule has 1 aliphatic heterocycles. The molecule has 1 aromatic heterocycles. The molecule has 0 aliphatic carbocycles. The van der Waals surface area contributed by atoms with Gasteiger partial charge in [-0.15, -0.1) is 0 Å². The summed E-state index contributed by atoms with van der Waals surface area (Å²) in [5, 5.41) is 19.8. The van der Waals surface area contributed by atoms with Gasteiger partial charge in [0, 0.05) is 72.8 Å². The third-order valence-corrected chi connectivity index (χ3v) is 12.0. The molecule has 4 atom stereocenters. The molecule has 0 radical (unpaired) electrons. The molecule has 0 spiro atoms. The number of ketones is 2. The zero-order valence-corrected chi connectivity index (χ0v) is 39.9. The van der Waals surface area contributed by atoms with E-state index in [9.17, 15) is 56.2 Å². The predicted octanol–water partition coefficient (Wildman–Crippen LogP) is 6.43. The molecule has 69 heavy (non-hydrogen) atoms. The molecule has 15 nitrogen and oxygen atoms in total. The third-order valence-electron chi connectivity index (χ3n) is 11.0. The van der Waals surface area contributed by atoms with Crippen LogP contribution in [0.5, 0.6) is 0 Å². The van der Waals surface area contributed by atoms with Crippen LogP contribution in [0.15, 0.2) is 72.9 Å². The predicted molar refractivity (Wildman–Crippen MR) is 246 cm³/mol. The number of carboxylic acid groups (broad SMARTS) is 2. The minimum atomic E-state index is -5.08. The molecule has 0 bridgehead atoms. The van der Waals surface area contributed by atoms with Crippen molar-refractivity contribution in [3.63, 3.8) is 0 Å². The van der Waals surface area contributed by atoms with Gasteiger partial charge in [-0.2, -0.15) is 24.9 Å². The van der Waals surface area contributed by atoms with Gasteiger partial charge in [-0.1, -0.05) is 65.0 Å². The van der Waals surface area contributed by atoms with E-state index in [4.69, 9.17) is 15.6 Å². The second-order valence-electron chi connectivity index (χ2n) is 17.8. The van der Waals surface area contributed by atoms with Crippen molar-refractivity contribution in [2.45, 2.75) is 85.6 Å². The monoisotopic (exact) mass is 991 g/mol.